The van der Waals surface area contributed by atoms with Crippen LogP contribution in [0, 0.1) is 0 Å². The van der Waals surface area contributed by atoms with Crippen LogP contribution in [0.2, 0.25) is 0 Å². The standard InChI is InChI=1S/C17H20N2/c1-18(2)16-10-9-14-13-8-6-5-7-12(13)11-15(14)17(16)19(3)4/h5-10H,11H2,1-4H3. The molecule has 0 unspecified atom stereocenters. The molecule has 0 radical (unpaired) electrons. The minimum absolute atomic E-state index is 1.04. The molecule has 0 fully saturated rings. The first-order valence-electron chi connectivity index (χ1n) is 6.68. The Morgan fingerprint density at radius 3 is 2.21 bits per heavy atom. The fourth-order valence-corrected chi connectivity index (χ4v) is 3.04. The first-order valence-corrected chi connectivity index (χ1v) is 6.68. The van der Waals surface area contributed by atoms with Crippen LogP contribution in [0.15, 0.2) is 36.4 Å². The van der Waals surface area contributed by atoms with Gasteiger partial charge in [0.15, 0.2) is 0 Å². The van der Waals surface area contributed by atoms with E-state index in [0.717, 1.165) is 6.42 Å². The zero-order chi connectivity index (χ0) is 13.6. The lowest BCUT2D eigenvalue weighted by atomic mass is 10.0. The van der Waals surface area contributed by atoms with Gasteiger partial charge in [-0.3, -0.25) is 0 Å². The van der Waals surface area contributed by atoms with Crippen LogP contribution in [0.1, 0.15) is 11.1 Å². The van der Waals surface area contributed by atoms with Crippen LogP contribution in [-0.4, -0.2) is 28.2 Å². The first-order chi connectivity index (χ1) is 9.09. The Bertz CT molecular complexity index is 627. The molecule has 0 N–H and O–H groups in total. The molecule has 1 aliphatic carbocycles. The maximum Gasteiger partial charge on any atom is 0.0640 e. The van der Waals surface area contributed by atoms with Crippen molar-refractivity contribution in [1.29, 1.82) is 0 Å². The van der Waals surface area contributed by atoms with Gasteiger partial charge in [-0.2, -0.15) is 0 Å². The molecular weight excluding hydrogens is 232 g/mol. The maximum atomic E-state index is 2.27. The number of fused-ring (bicyclic) bond motifs is 3. The molecule has 2 aromatic rings. The normalized spacial score (nSPS) is 12.0. The van der Waals surface area contributed by atoms with E-state index in [2.05, 4.69) is 74.4 Å². The quantitative estimate of drug-likeness (QED) is 0.690. The Balaban J connectivity index is 2.25. The average molecular weight is 252 g/mol. The van der Waals surface area contributed by atoms with Gasteiger partial charge in [-0.05, 0) is 28.3 Å². The molecule has 0 atom stereocenters. The van der Waals surface area contributed by atoms with Gasteiger partial charge < -0.3 is 9.80 Å². The third-order valence-electron chi connectivity index (χ3n) is 3.87. The lowest BCUT2D eigenvalue weighted by Gasteiger charge is -2.25. The highest BCUT2D eigenvalue weighted by molar-refractivity contribution is 5.88. The van der Waals surface area contributed by atoms with Crippen LogP contribution in [0.25, 0.3) is 11.1 Å². The highest BCUT2D eigenvalue weighted by Crippen LogP contribution is 2.44. The van der Waals surface area contributed by atoms with Crippen LogP contribution in [0.3, 0.4) is 0 Å². The Morgan fingerprint density at radius 1 is 0.789 bits per heavy atom. The fourth-order valence-electron chi connectivity index (χ4n) is 3.04. The molecule has 19 heavy (non-hydrogen) atoms. The number of hydrogen-bond donors (Lipinski definition) is 0. The van der Waals surface area contributed by atoms with E-state index in [1.807, 2.05) is 0 Å². The van der Waals surface area contributed by atoms with Gasteiger partial charge in [0.2, 0.25) is 0 Å². The molecule has 0 aliphatic heterocycles. The molecule has 2 aromatic carbocycles. The molecule has 3 rings (SSSR count). The van der Waals surface area contributed by atoms with Gasteiger partial charge in [0, 0.05) is 34.6 Å². The van der Waals surface area contributed by atoms with Crippen molar-refractivity contribution in [2.45, 2.75) is 6.42 Å². The Hall–Kier alpha value is -1.96. The third-order valence-corrected chi connectivity index (χ3v) is 3.87. The highest BCUT2D eigenvalue weighted by Gasteiger charge is 2.24. The molecule has 0 spiro atoms. The van der Waals surface area contributed by atoms with Gasteiger partial charge in [-0.1, -0.05) is 30.3 Å². The van der Waals surface area contributed by atoms with Crippen molar-refractivity contribution < 1.29 is 0 Å². The minimum Gasteiger partial charge on any atom is -0.376 e. The molecule has 0 saturated carbocycles. The van der Waals surface area contributed by atoms with Crippen molar-refractivity contribution in [3.05, 3.63) is 47.5 Å². The van der Waals surface area contributed by atoms with Gasteiger partial charge in [0.1, 0.15) is 0 Å². The molecular formula is C17H20N2. The molecule has 0 saturated heterocycles. The second kappa shape index (κ2) is 4.30. The molecule has 0 amide bonds. The molecule has 2 nitrogen and oxygen atoms in total. The summed E-state index contributed by atoms with van der Waals surface area (Å²) in [6.45, 7) is 0. The van der Waals surface area contributed by atoms with Crippen LogP contribution < -0.4 is 9.80 Å². The Kier molecular flexibility index (Phi) is 2.74. The summed E-state index contributed by atoms with van der Waals surface area (Å²) in [5.41, 5.74) is 8.32. The first kappa shape index (κ1) is 12.1. The average Bonchev–Trinajstić information content (AvgIpc) is 2.75. The van der Waals surface area contributed by atoms with Gasteiger partial charge in [-0.25, -0.2) is 0 Å². The molecule has 2 heteroatoms. The maximum absolute atomic E-state index is 2.27. The molecule has 1 aliphatic rings. The SMILES string of the molecule is CN(C)c1ccc2c(c1N(C)C)Cc1ccccc1-2. The van der Waals surface area contributed by atoms with Crippen LogP contribution in [0.4, 0.5) is 11.4 Å². The van der Waals surface area contributed by atoms with Crippen molar-refractivity contribution in [2.75, 3.05) is 38.0 Å². The zero-order valence-electron chi connectivity index (χ0n) is 12.1. The van der Waals surface area contributed by atoms with E-state index >= 15 is 0 Å². The lowest BCUT2D eigenvalue weighted by molar-refractivity contribution is 1.06. The van der Waals surface area contributed by atoms with Crippen molar-refractivity contribution in [3.8, 4) is 11.1 Å². The van der Waals surface area contributed by atoms with Crippen LogP contribution >= 0.6 is 0 Å². The third kappa shape index (κ3) is 1.79. The number of rotatable bonds is 2. The molecule has 0 aromatic heterocycles. The summed E-state index contributed by atoms with van der Waals surface area (Å²) >= 11 is 0. The predicted octanol–water partition coefficient (Wildman–Crippen LogP) is 3.39. The summed E-state index contributed by atoms with van der Waals surface area (Å²) in [5.74, 6) is 0. The van der Waals surface area contributed by atoms with Gasteiger partial charge >= 0.3 is 0 Å². The Morgan fingerprint density at radius 2 is 1.53 bits per heavy atom. The fraction of sp³-hybridized carbons (Fsp3) is 0.294. The molecule has 0 bridgehead atoms. The largest absolute Gasteiger partial charge is 0.376 e. The summed E-state index contributed by atoms with van der Waals surface area (Å²) < 4.78 is 0. The molecule has 0 heterocycles. The van der Waals surface area contributed by atoms with Crippen molar-refractivity contribution in [2.24, 2.45) is 0 Å². The molecule has 98 valence electrons. The number of nitrogens with zero attached hydrogens (tertiary/aromatic N) is 2. The topological polar surface area (TPSA) is 6.48 Å². The Labute approximate surface area is 115 Å². The highest BCUT2D eigenvalue weighted by atomic mass is 15.1. The van der Waals surface area contributed by atoms with Gasteiger partial charge in [0.25, 0.3) is 0 Å². The number of benzene rings is 2. The summed E-state index contributed by atoms with van der Waals surface area (Å²) in [4.78, 5) is 4.43. The number of anilines is 2. The van der Waals surface area contributed by atoms with Gasteiger partial charge in [0.05, 0.1) is 11.4 Å². The van der Waals surface area contributed by atoms with E-state index in [0.29, 0.717) is 0 Å². The summed E-state index contributed by atoms with van der Waals surface area (Å²) in [7, 11) is 8.48. The summed E-state index contributed by atoms with van der Waals surface area (Å²) in [6, 6.07) is 13.2. The second-order valence-corrected chi connectivity index (χ2v) is 5.58. The summed E-state index contributed by atoms with van der Waals surface area (Å²) in [6.07, 6.45) is 1.04. The smallest absolute Gasteiger partial charge is 0.0640 e. The van der Waals surface area contributed by atoms with E-state index in [1.54, 1.807) is 0 Å². The zero-order valence-corrected chi connectivity index (χ0v) is 12.1. The van der Waals surface area contributed by atoms with Crippen molar-refractivity contribution in [3.63, 3.8) is 0 Å². The van der Waals surface area contributed by atoms with E-state index in [-0.39, 0.29) is 0 Å². The lowest BCUT2D eigenvalue weighted by Crippen LogP contribution is -2.18. The minimum atomic E-state index is 1.04. The van der Waals surface area contributed by atoms with E-state index < -0.39 is 0 Å². The van der Waals surface area contributed by atoms with E-state index in [4.69, 9.17) is 0 Å². The predicted molar refractivity (Wildman–Crippen MR) is 83.3 cm³/mol. The van der Waals surface area contributed by atoms with E-state index in [1.165, 1.54) is 33.6 Å². The van der Waals surface area contributed by atoms with E-state index in [9.17, 15) is 0 Å². The summed E-state index contributed by atoms with van der Waals surface area (Å²) in [5, 5.41) is 0. The van der Waals surface area contributed by atoms with Crippen LogP contribution in [-0.2, 0) is 6.42 Å². The van der Waals surface area contributed by atoms with Crippen LogP contribution in [0.5, 0.6) is 0 Å². The van der Waals surface area contributed by atoms with Crippen molar-refractivity contribution in [1.82, 2.24) is 0 Å². The monoisotopic (exact) mass is 252 g/mol. The van der Waals surface area contributed by atoms with Crippen molar-refractivity contribution >= 4 is 11.4 Å². The van der Waals surface area contributed by atoms with Gasteiger partial charge in [-0.15, -0.1) is 0 Å². The number of hydrogen-bond acceptors (Lipinski definition) is 2. The second-order valence-electron chi connectivity index (χ2n) is 5.58.